The molecule has 1 unspecified atom stereocenters. The van der Waals surface area contributed by atoms with Crippen LogP contribution < -0.4 is 5.73 Å². The van der Waals surface area contributed by atoms with E-state index in [2.05, 4.69) is 28.4 Å². The molecule has 2 N–H and O–H groups in total. The van der Waals surface area contributed by atoms with Gasteiger partial charge in [-0.25, -0.2) is 4.98 Å². The van der Waals surface area contributed by atoms with Crippen molar-refractivity contribution in [2.24, 2.45) is 12.8 Å². The van der Waals surface area contributed by atoms with Crippen molar-refractivity contribution in [1.29, 1.82) is 0 Å². The minimum Gasteiger partial charge on any atom is -0.337 e. The third kappa shape index (κ3) is 4.78. The van der Waals surface area contributed by atoms with Crippen LogP contribution in [-0.2, 0) is 13.6 Å². The second-order valence-electron chi connectivity index (χ2n) is 5.11. The molecule has 0 amide bonds. The molecule has 0 saturated carbocycles. The van der Waals surface area contributed by atoms with Gasteiger partial charge in [-0.15, -0.1) is 0 Å². The topological polar surface area (TPSA) is 47.1 Å². The molecule has 0 aliphatic carbocycles. The quantitative estimate of drug-likeness (QED) is 0.685. The molecule has 0 fully saturated rings. The molecule has 1 aromatic rings. The Morgan fingerprint density at radius 1 is 1.39 bits per heavy atom. The first-order valence-electron chi connectivity index (χ1n) is 7.05. The Kier molecular flexibility index (Phi) is 6.98. The molecule has 0 aliphatic heterocycles. The van der Waals surface area contributed by atoms with Crippen molar-refractivity contribution in [3.05, 3.63) is 18.2 Å². The van der Waals surface area contributed by atoms with Gasteiger partial charge in [-0.3, -0.25) is 4.90 Å². The molecule has 1 heterocycles. The maximum atomic E-state index is 5.89. The molecule has 0 spiro atoms. The van der Waals surface area contributed by atoms with Gasteiger partial charge in [0.2, 0.25) is 0 Å². The van der Waals surface area contributed by atoms with Crippen molar-refractivity contribution in [2.75, 3.05) is 13.6 Å². The standard InChI is InChI=1S/C14H28N4/c1-4-5-6-7-8-13(11-15)18(3)12-14-16-9-10-17(14)2/h9-10,13H,4-8,11-12,15H2,1-3H3. The third-order valence-electron chi connectivity index (χ3n) is 3.60. The number of hydrogen-bond acceptors (Lipinski definition) is 3. The molecule has 1 rings (SSSR count). The zero-order valence-electron chi connectivity index (χ0n) is 12.1. The summed E-state index contributed by atoms with van der Waals surface area (Å²) in [6.45, 7) is 3.85. The summed E-state index contributed by atoms with van der Waals surface area (Å²) in [6.07, 6.45) is 10.3. The first-order valence-corrected chi connectivity index (χ1v) is 7.05. The van der Waals surface area contributed by atoms with Crippen molar-refractivity contribution >= 4 is 0 Å². The first kappa shape index (κ1) is 15.2. The molecule has 0 radical (unpaired) electrons. The first-order chi connectivity index (χ1) is 8.69. The third-order valence-corrected chi connectivity index (χ3v) is 3.60. The fraction of sp³-hybridized carbons (Fsp3) is 0.786. The van der Waals surface area contributed by atoms with Gasteiger partial charge in [-0.1, -0.05) is 32.6 Å². The Balaban J connectivity index is 2.37. The molecule has 4 nitrogen and oxygen atoms in total. The summed E-state index contributed by atoms with van der Waals surface area (Å²) in [4.78, 5) is 6.69. The lowest BCUT2D eigenvalue weighted by atomic mass is 10.1. The number of likely N-dealkylation sites (N-methyl/N-ethyl adjacent to an activating group) is 1. The number of unbranched alkanes of at least 4 members (excludes halogenated alkanes) is 3. The Morgan fingerprint density at radius 3 is 2.72 bits per heavy atom. The summed E-state index contributed by atoms with van der Waals surface area (Å²) in [5.74, 6) is 1.10. The van der Waals surface area contributed by atoms with Gasteiger partial charge < -0.3 is 10.3 Å². The predicted molar refractivity (Wildman–Crippen MR) is 76.3 cm³/mol. The van der Waals surface area contributed by atoms with Gasteiger partial charge in [0.1, 0.15) is 5.82 Å². The smallest absolute Gasteiger partial charge is 0.122 e. The number of imidazole rings is 1. The average Bonchev–Trinajstić information content (AvgIpc) is 2.75. The summed E-state index contributed by atoms with van der Waals surface area (Å²) in [7, 11) is 4.18. The van der Waals surface area contributed by atoms with Crippen LogP contribution in [0.1, 0.15) is 44.9 Å². The van der Waals surface area contributed by atoms with Crippen LogP contribution in [0.25, 0.3) is 0 Å². The fourth-order valence-electron chi connectivity index (χ4n) is 2.23. The molecule has 104 valence electrons. The predicted octanol–water partition coefficient (Wildman–Crippen LogP) is 2.15. The highest BCUT2D eigenvalue weighted by atomic mass is 15.2. The SMILES string of the molecule is CCCCCCC(CN)N(C)Cc1nccn1C. The lowest BCUT2D eigenvalue weighted by Crippen LogP contribution is -2.38. The van der Waals surface area contributed by atoms with Crippen LogP contribution in [0.5, 0.6) is 0 Å². The van der Waals surface area contributed by atoms with Crippen LogP contribution in [0.3, 0.4) is 0 Å². The molecule has 0 saturated heterocycles. The van der Waals surface area contributed by atoms with Crippen molar-refractivity contribution < 1.29 is 0 Å². The molecule has 18 heavy (non-hydrogen) atoms. The molecule has 1 atom stereocenters. The van der Waals surface area contributed by atoms with E-state index in [4.69, 9.17) is 5.73 Å². The molecular formula is C14H28N4. The highest BCUT2D eigenvalue weighted by molar-refractivity contribution is 4.91. The molecule has 0 bridgehead atoms. The van der Waals surface area contributed by atoms with Gasteiger partial charge >= 0.3 is 0 Å². The van der Waals surface area contributed by atoms with Crippen LogP contribution in [0, 0.1) is 0 Å². The van der Waals surface area contributed by atoms with E-state index in [0.29, 0.717) is 6.04 Å². The van der Waals surface area contributed by atoms with Gasteiger partial charge in [0.05, 0.1) is 6.54 Å². The number of nitrogens with two attached hydrogens (primary N) is 1. The lowest BCUT2D eigenvalue weighted by molar-refractivity contribution is 0.216. The van der Waals surface area contributed by atoms with Crippen molar-refractivity contribution in [1.82, 2.24) is 14.5 Å². The second kappa shape index (κ2) is 8.27. The van der Waals surface area contributed by atoms with E-state index >= 15 is 0 Å². The normalized spacial score (nSPS) is 13.2. The van der Waals surface area contributed by atoms with Crippen LogP contribution in [0.15, 0.2) is 12.4 Å². The van der Waals surface area contributed by atoms with E-state index in [1.165, 1.54) is 32.1 Å². The average molecular weight is 252 g/mol. The number of aromatic nitrogens is 2. The van der Waals surface area contributed by atoms with E-state index in [0.717, 1.165) is 18.9 Å². The molecule has 0 aromatic carbocycles. The van der Waals surface area contributed by atoms with Gasteiger partial charge in [0, 0.05) is 32.0 Å². The number of aryl methyl sites for hydroxylation is 1. The van der Waals surface area contributed by atoms with Gasteiger partial charge in [0.15, 0.2) is 0 Å². The van der Waals surface area contributed by atoms with Crippen molar-refractivity contribution in [3.63, 3.8) is 0 Å². The van der Waals surface area contributed by atoms with E-state index in [9.17, 15) is 0 Å². The van der Waals surface area contributed by atoms with E-state index in [1.54, 1.807) is 0 Å². The maximum absolute atomic E-state index is 5.89. The van der Waals surface area contributed by atoms with E-state index in [-0.39, 0.29) is 0 Å². The van der Waals surface area contributed by atoms with Crippen molar-refractivity contribution in [2.45, 2.75) is 51.6 Å². The molecule has 0 aliphatic rings. The second-order valence-corrected chi connectivity index (χ2v) is 5.11. The van der Waals surface area contributed by atoms with Crippen LogP contribution in [-0.4, -0.2) is 34.1 Å². The molecule has 1 aromatic heterocycles. The summed E-state index contributed by atoms with van der Waals surface area (Å²) in [5.41, 5.74) is 5.89. The zero-order valence-corrected chi connectivity index (χ0v) is 12.1. The minimum absolute atomic E-state index is 0.471. The lowest BCUT2D eigenvalue weighted by Gasteiger charge is -2.26. The summed E-state index contributed by atoms with van der Waals surface area (Å²) in [6, 6.07) is 0.471. The Labute approximate surface area is 111 Å². The fourth-order valence-corrected chi connectivity index (χ4v) is 2.23. The van der Waals surface area contributed by atoms with Gasteiger partial charge in [-0.05, 0) is 13.5 Å². The minimum atomic E-state index is 0.471. The highest BCUT2D eigenvalue weighted by Crippen LogP contribution is 2.11. The van der Waals surface area contributed by atoms with E-state index < -0.39 is 0 Å². The van der Waals surface area contributed by atoms with Crippen molar-refractivity contribution in [3.8, 4) is 0 Å². The molecule has 4 heteroatoms. The Morgan fingerprint density at radius 2 is 2.17 bits per heavy atom. The van der Waals surface area contributed by atoms with Crippen LogP contribution in [0.2, 0.25) is 0 Å². The van der Waals surface area contributed by atoms with Gasteiger partial charge in [0.25, 0.3) is 0 Å². The number of rotatable bonds is 9. The summed E-state index contributed by atoms with van der Waals surface area (Å²) >= 11 is 0. The largest absolute Gasteiger partial charge is 0.337 e. The van der Waals surface area contributed by atoms with E-state index in [1.807, 2.05) is 19.4 Å². The summed E-state index contributed by atoms with van der Waals surface area (Å²) < 4.78 is 2.07. The number of nitrogens with zero attached hydrogens (tertiary/aromatic N) is 3. The monoisotopic (exact) mass is 252 g/mol. The Bertz CT molecular complexity index is 321. The maximum Gasteiger partial charge on any atom is 0.122 e. The number of hydrogen-bond donors (Lipinski definition) is 1. The van der Waals surface area contributed by atoms with Crippen LogP contribution in [0.4, 0.5) is 0 Å². The summed E-state index contributed by atoms with van der Waals surface area (Å²) in [5, 5.41) is 0. The van der Waals surface area contributed by atoms with Gasteiger partial charge in [-0.2, -0.15) is 0 Å². The molecular weight excluding hydrogens is 224 g/mol. The zero-order chi connectivity index (χ0) is 13.4. The Hall–Kier alpha value is -0.870. The van der Waals surface area contributed by atoms with Crippen LogP contribution >= 0.6 is 0 Å². The highest BCUT2D eigenvalue weighted by Gasteiger charge is 2.14.